The molecule has 0 saturated carbocycles. The molecule has 0 fully saturated rings. The third-order valence-corrected chi connectivity index (χ3v) is 2.96. The minimum Gasteiger partial charge on any atom is -0.478 e. The molecule has 1 aromatic carbocycles. The molecule has 5 nitrogen and oxygen atoms in total. The van der Waals surface area contributed by atoms with Crippen molar-refractivity contribution in [1.29, 1.82) is 0 Å². The summed E-state index contributed by atoms with van der Waals surface area (Å²) >= 11 is 6.98. The summed E-state index contributed by atoms with van der Waals surface area (Å²) in [6, 6.07) is 4.58. The average Bonchev–Trinajstić information content (AvgIpc) is 2.70. The van der Waals surface area contributed by atoms with Crippen LogP contribution in [0.1, 0.15) is 10.4 Å². The molecule has 1 heterocycles. The summed E-state index contributed by atoms with van der Waals surface area (Å²) in [7, 11) is 0. The predicted octanol–water partition coefficient (Wildman–Crippen LogP) is 2.31. The number of nitrogens with zero attached hydrogens (tertiary/aromatic N) is 2. The Hall–Kier alpha value is -1.53. The molecular formula is C9H6ClN3O2S. The number of aromatic nitrogens is 3. The summed E-state index contributed by atoms with van der Waals surface area (Å²) in [6.07, 6.45) is 1.35. The topological polar surface area (TPSA) is 78.9 Å². The molecule has 0 radical (unpaired) electrons. The fraction of sp³-hybridized carbons (Fsp3) is 0. The van der Waals surface area contributed by atoms with Crippen LogP contribution < -0.4 is 0 Å². The van der Waals surface area contributed by atoms with Gasteiger partial charge in [-0.2, -0.15) is 5.10 Å². The molecule has 0 bridgehead atoms. The van der Waals surface area contributed by atoms with Crippen molar-refractivity contribution in [2.45, 2.75) is 10.1 Å². The Balaban J connectivity index is 2.38. The highest BCUT2D eigenvalue weighted by molar-refractivity contribution is 7.99. The number of hydrogen-bond acceptors (Lipinski definition) is 4. The van der Waals surface area contributed by atoms with E-state index >= 15 is 0 Å². The van der Waals surface area contributed by atoms with Gasteiger partial charge in [-0.3, -0.25) is 5.10 Å². The summed E-state index contributed by atoms with van der Waals surface area (Å²) in [5.74, 6) is -1.00. The van der Waals surface area contributed by atoms with Crippen LogP contribution in [-0.4, -0.2) is 26.3 Å². The van der Waals surface area contributed by atoms with E-state index in [1.54, 1.807) is 6.07 Å². The van der Waals surface area contributed by atoms with E-state index in [4.69, 9.17) is 16.7 Å². The monoisotopic (exact) mass is 255 g/mol. The lowest BCUT2D eigenvalue weighted by atomic mass is 10.2. The summed E-state index contributed by atoms with van der Waals surface area (Å²) in [4.78, 5) is 15.4. The Labute approximate surface area is 99.9 Å². The second kappa shape index (κ2) is 4.54. The van der Waals surface area contributed by atoms with Gasteiger partial charge < -0.3 is 5.11 Å². The van der Waals surface area contributed by atoms with Crippen molar-refractivity contribution in [3.63, 3.8) is 0 Å². The van der Waals surface area contributed by atoms with Gasteiger partial charge in [0, 0.05) is 9.92 Å². The zero-order chi connectivity index (χ0) is 11.5. The van der Waals surface area contributed by atoms with Crippen molar-refractivity contribution >= 4 is 29.3 Å². The van der Waals surface area contributed by atoms with Gasteiger partial charge in [0.25, 0.3) is 0 Å². The fourth-order valence-corrected chi connectivity index (χ4v) is 2.20. The van der Waals surface area contributed by atoms with Gasteiger partial charge in [-0.05, 0) is 30.0 Å². The molecule has 0 atom stereocenters. The van der Waals surface area contributed by atoms with E-state index in [1.807, 2.05) is 0 Å². The number of nitrogens with one attached hydrogen (secondary N) is 1. The maximum absolute atomic E-state index is 11.0. The lowest BCUT2D eigenvalue weighted by Gasteiger charge is -2.03. The molecule has 2 rings (SSSR count). The molecule has 0 amide bonds. The highest BCUT2D eigenvalue weighted by atomic mass is 35.5. The second-order valence-corrected chi connectivity index (χ2v) is 4.31. The molecule has 2 N–H and O–H groups in total. The van der Waals surface area contributed by atoms with E-state index < -0.39 is 5.97 Å². The van der Waals surface area contributed by atoms with Crippen LogP contribution >= 0.6 is 23.4 Å². The van der Waals surface area contributed by atoms with Crippen LogP contribution in [0.5, 0.6) is 0 Å². The largest absolute Gasteiger partial charge is 0.478 e. The van der Waals surface area contributed by atoms with Crippen LogP contribution in [0.25, 0.3) is 0 Å². The zero-order valence-electron chi connectivity index (χ0n) is 7.85. The van der Waals surface area contributed by atoms with Gasteiger partial charge in [0.15, 0.2) is 5.16 Å². The standard InChI is InChI=1S/C9H6ClN3O2S/c10-5-1-2-6(8(14)15)7(3-5)16-9-11-4-12-13-9/h1-4H,(H,14,15)(H,11,12,13). The Morgan fingerprint density at radius 2 is 2.31 bits per heavy atom. The molecule has 0 aliphatic heterocycles. The highest BCUT2D eigenvalue weighted by Gasteiger charge is 2.12. The number of benzene rings is 1. The quantitative estimate of drug-likeness (QED) is 0.880. The van der Waals surface area contributed by atoms with Crippen molar-refractivity contribution in [2.24, 2.45) is 0 Å². The van der Waals surface area contributed by atoms with Crippen molar-refractivity contribution in [1.82, 2.24) is 15.2 Å². The van der Waals surface area contributed by atoms with Crippen molar-refractivity contribution < 1.29 is 9.90 Å². The summed E-state index contributed by atoms with van der Waals surface area (Å²) < 4.78 is 0. The molecule has 0 saturated heterocycles. The number of halogens is 1. The molecule has 1 aromatic heterocycles. The Morgan fingerprint density at radius 1 is 1.50 bits per heavy atom. The van der Waals surface area contributed by atoms with Crippen LogP contribution in [0.3, 0.4) is 0 Å². The lowest BCUT2D eigenvalue weighted by Crippen LogP contribution is -1.98. The predicted molar refractivity (Wildman–Crippen MR) is 58.9 cm³/mol. The number of carbonyl (C=O) groups is 1. The first-order chi connectivity index (χ1) is 7.66. The number of hydrogen-bond donors (Lipinski definition) is 2. The van der Waals surface area contributed by atoms with Gasteiger partial charge in [-0.15, -0.1) is 0 Å². The van der Waals surface area contributed by atoms with Crippen molar-refractivity contribution in [3.8, 4) is 0 Å². The van der Waals surface area contributed by atoms with Crippen LogP contribution in [0.2, 0.25) is 5.02 Å². The first-order valence-corrected chi connectivity index (χ1v) is 5.42. The number of carboxylic acid groups (broad SMARTS) is 1. The molecule has 0 aliphatic rings. The van der Waals surface area contributed by atoms with Gasteiger partial charge in [0.2, 0.25) is 0 Å². The Kier molecular flexibility index (Phi) is 3.12. The average molecular weight is 256 g/mol. The fourth-order valence-electron chi connectivity index (χ4n) is 1.10. The molecule has 0 aliphatic carbocycles. The van der Waals surface area contributed by atoms with Gasteiger partial charge in [-0.25, -0.2) is 9.78 Å². The summed E-state index contributed by atoms with van der Waals surface area (Å²) in [5.41, 5.74) is 0.186. The zero-order valence-corrected chi connectivity index (χ0v) is 9.42. The molecule has 2 aromatic rings. The smallest absolute Gasteiger partial charge is 0.336 e. The highest BCUT2D eigenvalue weighted by Crippen LogP contribution is 2.30. The Bertz CT molecular complexity index is 515. The normalized spacial score (nSPS) is 10.3. The first kappa shape index (κ1) is 11.0. The number of carboxylic acids is 1. The number of H-pyrrole nitrogens is 1. The molecule has 16 heavy (non-hydrogen) atoms. The molecule has 7 heteroatoms. The van der Waals surface area contributed by atoms with Gasteiger partial charge in [0.05, 0.1) is 5.56 Å². The number of aromatic carboxylic acids is 1. The van der Waals surface area contributed by atoms with Gasteiger partial charge in [-0.1, -0.05) is 11.6 Å². The first-order valence-electron chi connectivity index (χ1n) is 4.23. The molecule has 0 unspecified atom stereocenters. The second-order valence-electron chi connectivity index (χ2n) is 2.84. The Morgan fingerprint density at radius 3 is 2.94 bits per heavy atom. The van der Waals surface area contributed by atoms with E-state index in [-0.39, 0.29) is 5.56 Å². The van der Waals surface area contributed by atoms with E-state index in [1.165, 1.54) is 30.2 Å². The lowest BCUT2D eigenvalue weighted by molar-refractivity contribution is 0.0693. The number of aromatic amines is 1. The van der Waals surface area contributed by atoms with Crippen LogP contribution in [0.15, 0.2) is 34.6 Å². The minimum atomic E-state index is -1.00. The SMILES string of the molecule is O=C(O)c1ccc(Cl)cc1Sc1ncn[nH]1. The van der Waals surface area contributed by atoms with E-state index in [0.717, 1.165) is 0 Å². The van der Waals surface area contributed by atoms with Crippen LogP contribution in [0.4, 0.5) is 0 Å². The maximum Gasteiger partial charge on any atom is 0.336 e. The molecule has 0 spiro atoms. The van der Waals surface area contributed by atoms with Gasteiger partial charge >= 0.3 is 5.97 Å². The van der Waals surface area contributed by atoms with Gasteiger partial charge in [0.1, 0.15) is 6.33 Å². The van der Waals surface area contributed by atoms with Crippen LogP contribution in [-0.2, 0) is 0 Å². The molecular weight excluding hydrogens is 250 g/mol. The number of rotatable bonds is 3. The molecule has 82 valence electrons. The third kappa shape index (κ3) is 2.34. The van der Waals surface area contributed by atoms with E-state index in [0.29, 0.717) is 15.1 Å². The van der Waals surface area contributed by atoms with Crippen LogP contribution in [0, 0.1) is 0 Å². The summed E-state index contributed by atoms with van der Waals surface area (Å²) in [6.45, 7) is 0. The minimum absolute atomic E-state index is 0.186. The third-order valence-electron chi connectivity index (χ3n) is 1.77. The van der Waals surface area contributed by atoms with Crippen molar-refractivity contribution in [3.05, 3.63) is 35.1 Å². The van der Waals surface area contributed by atoms with Crippen molar-refractivity contribution in [2.75, 3.05) is 0 Å². The maximum atomic E-state index is 11.0. The summed E-state index contributed by atoms with van der Waals surface area (Å²) in [5, 5.41) is 16.3. The van der Waals surface area contributed by atoms with E-state index in [9.17, 15) is 4.79 Å². The van der Waals surface area contributed by atoms with E-state index in [2.05, 4.69) is 15.2 Å².